The number of carbonyl (C=O) groups excluding carboxylic acids is 2. The van der Waals surface area contributed by atoms with E-state index in [-0.39, 0.29) is 42.6 Å². The molecule has 3 aliphatic rings. The lowest BCUT2D eigenvalue weighted by atomic mass is 9.92. The quantitative estimate of drug-likeness (QED) is 0.407. The second kappa shape index (κ2) is 12.8. The Bertz CT molecular complexity index is 1610. The Labute approximate surface area is 269 Å². The molecule has 5 heterocycles. The maximum absolute atomic E-state index is 15.8. The fourth-order valence-corrected chi connectivity index (χ4v) is 8.23. The Hall–Kier alpha value is -3.38. The van der Waals surface area contributed by atoms with Crippen LogP contribution in [0, 0.1) is 11.2 Å². The van der Waals surface area contributed by atoms with E-state index in [9.17, 15) is 14.4 Å². The molecule has 2 amide bonds. The molecule has 3 saturated heterocycles. The molecule has 2 unspecified atom stereocenters. The zero-order valence-corrected chi connectivity index (χ0v) is 27.5. The lowest BCUT2D eigenvalue weighted by molar-refractivity contribution is -0.136. The van der Waals surface area contributed by atoms with Gasteiger partial charge in [0.15, 0.2) is 5.65 Å². The van der Waals surface area contributed by atoms with Crippen LogP contribution in [0.2, 0.25) is 0 Å². The first-order valence-electron chi connectivity index (χ1n) is 16.0. The molecule has 1 N–H and O–H groups in total. The third-order valence-corrected chi connectivity index (χ3v) is 10.8. The Kier molecular flexibility index (Phi) is 8.98. The minimum atomic E-state index is -0.581. The molecule has 244 valence electrons. The minimum Gasteiger partial charge on any atom is -0.369 e. The Morgan fingerprint density at radius 3 is 2.51 bits per heavy atom. The standard InChI is InChI=1S/C33H44FN7O3S.H2/c1-33(2,3)12-16-40-30(43)26(45-31(40)28-23(34)7-5-8-24(28)38-19-17-37(4)18-20-38)21-27(42)39-14-10-22(11-15-39)41-25-9-6-13-35-29(25)36-32(41)44;/h5-9,13,22,26,31H,10-12,14-21H2,1-4H3,(H,35,36,44);1H. The van der Waals surface area contributed by atoms with Crippen LogP contribution in [0.15, 0.2) is 41.3 Å². The number of carbonyl (C=O) groups is 2. The molecule has 3 aliphatic heterocycles. The molecule has 0 aliphatic carbocycles. The van der Waals surface area contributed by atoms with Crippen LogP contribution in [0.3, 0.4) is 0 Å². The van der Waals surface area contributed by atoms with Crippen molar-refractivity contribution in [2.75, 3.05) is 57.8 Å². The Balaban J connectivity index is 0.00000417. The SMILES string of the molecule is CN1CCN(c2cccc(F)c2C2SC(CC(=O)N3CCC(n4c(=O)[nH]c5ncccc54)CC3)C(=O)N2CCC(C)(C)C)CC1.[HH]. The number of piperazine rings is 1. The summed E-state index contributed by atoms with van der Waals surface area (Å²) in [6, 6.07) is 8.86. The number of fused-ring (bicyclic) bond motifs is 1. The van der Waals surface area contributed by atoms with Gasteiger partial charge in [-0.3, -0.25) is 19.1 Å². The summed E-state index contributed by atoms with van der Waals surface area (Å²) >= 11 is 1.41. The van der Waals surface area contributed by atoms with Crippen LogP contribution >= 0.6 is 11.8 Å². The number of likely N-dealkylation sites (N-methyl/N-ethyl adjacent to an activating group) is 1. The highest BCUT2D eigenvalue weighted by Crippen LogP contribution is 2.49. The predicted octanol–water partition coefficient (Wildman–Crippen LogP) is 4.49. The molecule has 1 aromatic carbocycles. The van der Waals surface area contributed by atoms with Gasteiger partial charge in [0.2, 0.25) is 11.8 Å². The van der Waals surface area contributed by atoms with Gasteiger partial charge in [-0.25, -0.2) is 14.2 Å². The number of thioether (sulfide) groups is 1. The van der Waals surface area contributed by atoms with E-state index >= 15 is 4.39 Å². The predicted molar refractivity (Wildman–Crippen MR) is 178 cm³/mol. The molecule has 2 aromatic heterocycles. The number of rotatable bonds is 7. The van der Waals surface area contributed by atoms with Crippen molar-refractivity contribution in [3.63, 3.8) is 0 Å². The number of halogens is 1. The number of nitrogens with zero attached hydrogens (tertiary/aromatic N) is 6. The Morgan fingerprint density at radius 1 is 1.07 bits per heavy atom. The summed E-state index contributed by atoms with van der Waals surface area (Å²) in [5.74, 6) is -0.478. The molecule has 12 heteroatoms. The molecule has 0 saturated carbocycles. The van der Waals surface area contributed by atoms with Crippen molar-refractivity contribution >= 4 is 40.4 Å². The lowest BCUT2D eigenvalue weighted by Crippen LogP contribution is -2.45. The monoisotopic (exact) mass is 639 g/mol. The number of hydrogen-bond donors (Lipinski definition) is 1. The van der Waals surface area contributed by atoms with Gasteiger partial charge in [-0.1, -0.05) is 26.8 Å². The molecule has 3 fully saturated rings. The van der Waals surface area contributed by atoms with Gasteiger partial charge in [0.1, 0.15) is 11.2 Å². The second-order valence-corrected chi connectivity index (χ2v) is 15.1. The summed E-state index contributed by atoms with van der Waals surface area (Å²) in [7, 11) is 2.09. The van der Waals surface area contributed by atoms with E-state index < -0.39 is 10.6 Å². The van der Waals surface area contributed by atoms with E-state index in [4.69, 9.17) is 0 Å². The van der Waals surface area contributed by atoms with Crippen molar-refractivity contribution in [3.05, 3.63) is 58.4 Å². The summed E-state index contributed by atoms with van der Waals surface area (Å²) in [4.78, 5) is 55.5. The number of hydrogen-bond acceptors (Lipinski definition) is 7. The molecule has 3 aromatic rings. The highest BCUT2D eigenvalue weighted by molar-refractivity contribution is 8.01. The van der Waals surface area contributed by atoms with E-state index in [1.54, 1.807) is 16.8 Å². The number of aromatic amines is 1. The molecule has 0 radical (unpaired) electrons. The number of aromatic nitrogens is 3. The molecule has 0 spiro atoms. The van der Waals surface area contributed by atoms with E-state index in [1.165, 1.54) is 17.8 Å². The molecule has 6 rings (SSSR count). The zero-order valence-electron chi connectivity index (χ0n) is 26.7. The summed E-state index contributed by atoms with van der Waals surface area (Å²) in [5.41, 5.74) is 2.52. The maximum Gasteiger partial charge on any atom is 0.327 e. The smallest absolute Gasteiger partial charge is 0.327 e. The van der Waals surface area contributed by atoms with Gasteiger partial charge in [0.05, 0.1) is 10.8 Å². The van der Waals surface area contributed by atoms with Crippen molar-refractivity contribution in [1.29, 1.82) is 0 Å². The second-order valence-electron chi connectivity index (χ2n) is 13.8. The normalized spacial score (nSPS) is 22.2. The van der Waals surface area contributed by atoms with Crippen LogP contribution < -0.4 is 10.6 Å². The maximum atomic E-state index is 15.8. The van der Waals surface area contributed by atoms with Crippen LogP contribution in [-0.4, -0.2) is 99.2 Å². The first-order valence-corrected chi connectivity index (χ1v) is 17.0. The third kappa shape index (κ3) is 6.63. The number of H-pyrrole nitrogens is 1. The molecule has 10 nitrogen and oxygen atoms in total. The Morgan fingerprint density at radius 2 is 1.80 bits per heavy atom. The number of pyridine rings is 1. The molecule has 0 bridgehead atoms. The summed E-state index contributed by atoms with van der Waals surface area (Å²) in [6.45, 7) is 11.3. The van der Waals surface area contributed by atoms with Crippen molar-refractivity contribution in [3.8, 4) is 0 Å². The summed E-state index contributed by atoms with van der Waals surface area (Å²) in [5, 5.41) is -1.08. The number of benzene rings is 1. The fraction of sp³-hybridized carbons (Fsp3) is 0.576. The van der Waals surface area contributed by atoms with Crippen molar-refractivity contribution in [1.82, 2.24) is 29.2 Å². The topological polar surface area (TPSA) is 97.8 Å². The molecule has 2 atom stereocenters. The average Bonchev–Trinajstić information content (AvgIpc) is 3.50. The first kappa shape index (κ1) is 31.6. The van der Waals surface area contributed by atoms with Gasteiger partial charge in [0.25, 0.3) is 0 Å². The summed E-state index contributed by atoms with van der Waals surface area (Å²) < 4.78 is 17.5. The zero-order chi connectivity index (χ0) is 31.9. The van der Waals surface area contributed by atoms with Gasteiger partial charge < -0.3 is 19.6 Å². The van der Waals surface area contributed by atoms with Crippen molar-refractivity contribution < 1.29 is 15.4 Å². The van der Waals surface area contributed by atoms with Gasteiger partial charge in [-0.2, -0.15) is 0 Å². The van der Waals surface area contributed by atoms with Crippen LogP contribution in [0.1, 0.15) is 64.9 Å². The van der Waals surface area contributed by atoms with Crippen LogP contribution in [0.25, 0.3) is 11.2 Å². The van der Waals surface area contributed by atoms with E-state index in [0.717, 1.165) is 43.8 Å². The minimum absolute atomic E-state index is 0. The highest BCUT2D eigenvalue weighted by atomic mass is 32.2. The summed E-state index contributed by atoms with van der Waals surface area (Å²) in [6.07, 6.45) is 3.78. The first-order chi connectivity index (χ1) is 21.5. The van der Waals surface area contributed by atoms with Crippen LogP contribution in [0.5, 0.6) is 0 Å². The van der Waals surface area contributed by atoms with Crippen LogP contribution in [-0.2, 0) is 9.59 Å². The fourth-order valence-electron chi connectivity index (χ4n) is 6.71. The van der Waals surface area contributed by atoms with E-state index in [2.05, 4.69) is 47.6 Å². The number of piperidine rings is 1. The largest absolute Gasteiger partial charge is 0.369 e. The van der Waals surface area contributed by atoms with Gasteiger partial charge >= 0.3 is 5.69 Å². The molecule has 45 heavy (non-hydrogen) atoms. The van der Waals surface area contributed by atoms with Gasteiger partial charge in [-0.15, -0.1) is 11.8 Å². The molecular weight excluding hydrogens is 593 g/mol. The average molecular weight is 640 g/mol. The van der Waals surface area contributed by atoms with Crippen LogP contribution in [0.4, 0.5) is 10.1 Å². The number of likely N-dealkylation sites (tertiary alicyclic amines) is 1. The number of anilines is 1. The number of nitrogens with one attached hydrogen (secondary N) is 1. The van der Waals surface area contributed by atoms with E-state index in [1.807, 2.05) is 28.0 Å². The number of amides is 2. The van der Waals surface area contributed by atoms with E-state index in [0.29, 0.717) is 43.7 Å². The van der Waals surface area contributed by atoms with Gasteiger partial charge in [0, 0.05) is 77.2 Å². The number of imidazole rings is 1. The van der Waals surface area contributed by atoms with Crippen molar-refractivity contribution in [2.45, 2.75) is 63.1 Å². The van der Waals surface area contributed by atoms with Crippen molar-refractivity contribution in [2.24, 2.45) is 5.41 Å². The third-order valence-electron chi connectivity index (χ3n) is 9.39. The van der Waals surface area contributed by atoms with Gasteiger partial charge in [-0.05, 0) is 56.0 Å². The lowest BCUT2D eigenvalue weighted by Gasteiger charge is -2.37. The highest BCUT2D eigenvalue weighted by Gasteiger charge is 2.45. The molecular formula is C33H46FN7O3S.